The van der Waals surface area contributed by atoms with Gasteiger partial charge in [0.1, 0.15) is 0 Å². The van der Waals surface area contributed by atoms with Crippen molar-refractivity contribution in [2.24, 2.45) is 5.92 Å². The first-order valence-electron chi connectivity index (χ1n) is 9.82. The van der Waals surface area contributed by atoms with Crippen molar-refractivity contribution in [1.82, 2.24) is 4.90 Å². The largest absolute Gasteiger partial charge is 0.493 e. The van der Waals surface area contributed by atoms with E-state index in [1.165, 1.54) is 7.11 Å². The molecule has 5 rings (SSSR count). The Bertz CT molecular complexity index is 861. The van der Waals surface area contributed by atoms with E-state index >= 15 is 0 Å². The molecule has 2 bridgehead atoms. The summed E-state index contributed by atoms with van der Waals surface area (Å²) in [5, 5.41) is 0. The molecular weight excluding hydrogens is 278 g/mol. The van der Waals surface area contributed by atoms with Crippen molar-refractivity contribution in [3.8, 4) is 11.5 Å². The summed E-state index contributed by atoms with van der Waals surface area (Å²) in [6, 6.07) is 1.71. The van der Waals surface area contributed by atoms with Gasteiger partial charge < -0.3 is 14.4 Å². The molecule has 2 heterocycles. The summed E-state index contributed by atoms with van der Waals surface area (Å²) < 4.78 is 47.5. The molecule has 1 spiro atoms. The van der Waals surface area contributed by atoms with Gasteiger partial charge in [0.25, 0.3) is 0 Å². The molecule has 4 atom stereocenters. The number of likely N-dealkylation sites (tertiary alicyclic amines) is 1. The highest BCUT2D eigenvalue weighted by Crippen LogP contribution is 2.62. The van der Waals surface area contributed by atoms with Gasteiger partial charge in [-0.25, -0.2) is 0 Å². The molecule has 4 aliphatic rings. The van der Waals surface area contributed by atoms with Crippen molar-refractivity contribution < 1.29 is 19.8 Å². The molecule has 2 fully saturated rings. The Morgan fingerprint density at radius 2 is 2.41 bits per heavy atom. The molecule has 22 heavy (non-hydrogen) atoms. The van der Waals surface area contributed by atoms with Crippen LogP contribution >= 0.6 is 0 Å². The van der Waals surface area contributed by atoms with Crippen LogP contribution in [0.4, 0.5) is 0 Å². The molecule has 0 radical (unpaired) electrons. The van der Waals surface area contributed by atoms with Crippen molar-refractivity contribution in [3.05, 3.63) is 23.3 Å². The zero-order valence-electron chi connectivity index (χ0n) is 16.7. The average molecular weight is 303 g/mol. The fraction of sp³-hybridized carbons (Fsp3) is 0.611. The van der Waals surface area contributed by atoms with Crippen LogP contribution in [0.2, 0.25) is 0 Å². The summed E-state index contributed by atoms with van der Waals surface area (Å²) in [7, 11) is 3.27. The summed E-state index contributed by atoms with van der Waals surface area (Å²) in [5.74, 6) is -0.0549. The Morgan fingerprint density at radius 1 is 1.55 bits per heavy atom. The third-order valence-electron chi connectivity index (χ3n) is 5.75. The van der Waals surface area contributed by atoms with Crippen LogP contribution in [0.1, 0.15) is 35.9 Å². The second kappa shape index (κ2) is 4.05. The van der Waals surface area contributed by atoms with Gasteiger partial charge in [-0.1, -0.05) is 6.07 Å². The monoisotopic (exact) mass is 303 g/mol. The van der Waals surface area contributed by atoms with E-state index in [2.05, 4.69) is 0 Å². The molecule has 4 heteroatoms. The predicted octanol–water partition coefficient (Wildman–Crippen LogP) is 1.93. The number of likely N-dealkylation sites (N-methyl/N-ethyl adjacent to an activating group) is 1. The van der Waals surface area contributed by atoms with Gasteiger partial charge in [-0.2, -0.15) is 0 Å². The molecule has 1 aromatic rings. The first-order valence-corrected chi connectivity index (χ1v) is 7.82. The molecule has 0 N–H and O–H groups in total. The number of carbonyl (C=O) groups is 1. The second-order valence-corrected chi connectivity index (χ2v) is 6.62. The lowest BCUT2D eigenvalue weighted by Gasteiger charge is -2.57. The van der Waals surface area contributed by atoms with Gasteiger partial charge in [-0.05, 0) is 50.4 Å². The molecule has 1 unspecified atom stereocenters. The lowest BCUT2D eigenvalue weighted by atomic mass is 9.52. The Morgan fingerprint density at radius 3 is 3.23 bits per heavy atom. The summed E-state index contributed by atoms with van der Waals surface area (Å²) in [4.78, 5) is 14.6. The van der Waals surface area contributed by atoms with Gasteiger partial charge in [0.05, 0.1) is 8.48 Å². The molecule has 0 amide bonds. The summed E-state index contributed by atoms with van der Waals surface area (Å²) >= 11 is 0. The Labute approximate surface area is 136 Å². The zero-order valence-corrected chi connectivity index (χ0v) is 12.7. The molecule has 1 aromatic carbocycles. The normalized spacial score (nSPS) is 50.1. The highest BCUT2D eigenvalue weighted by molar-refractivity contribution is 5.89. The van der Waals surface area contributed by atoms with Gasteiger partial charge >= 0.3 is 0 Å². The Hall–Kier alpha value is -1.55. The van der Waals surface area contributed by atoms with E-state index in [1.807, 2.05) is 0 Å². The fourth-order valence-electron chi connectivity index (χ4n) is 4.79. The third kappa shape index (κ3) is 1.27. The first kappa shape index (κ1) is 9.56. The van der Waals surface area contributed by atoms with Crippen LogP contribution in [0.15, 0.2) is 12.1 Å². The highest BCUT2D eigenvalue weighted by atomic mass is 16.5. The van der Waals surface area contributed by atoms with Crippen molar-refractivity contribution in [2.75, 3.05) is 20.7 Å². The van der Waals surface area contributed by atoms with Gasteiger partial charge in [0, 0.05) is 27.5 Å². The van der Waals surface area contributed by atoms with Crippen LogP contribution < -0.4 is 9.47 Å². The number of hydrogen-bond donors (Lipinski definition) is 0. The number of nitrogens with zero attached hydrogens (tertiary/aromatic N) is 1. The average Bonchev–Trinajstić information content (AvgIpc) is 2.87. The Kier molecular flexibility index (Phi) is 1.76. The summed E-state index contributed by atoms with van der Waals surface area (Å²) in [5.41, 5.74) is -0.0534. The minimum absolute atomic E-state index is 0.131. The van der Waals surface area contributed by atoms with E-state index in [9.17, 15) is 6.17 Å². The summed E-state index contributed by atoms with van der Waals surface area (Å²) in [6.45, 7) is 0.437. The van der Waals surface area contributed by atoms with E-state index in [0.29, 0.717) is 42.0 Å². The molecule has 4 nitrogen and oxygen atoms in total. The van der Waals surface area contributed by atoms with Crippen LogP contribution in [0.5, 0.6) is 11.5 Å². The minimum Gasteiger partial charge on any atom is -0.493 e. The van der Waals surface area contributed by atoms with E-state index in [4.69, 9.17) is 13.6 Å². The van der Waals surface area contributed by atoms with Crippen LogP contribution in [-0.4, -0.2) is 43.5 Å². The quantitative estimate of drug-likeness (QED) is 0.795. The Balaban J connectivity index is 1.95. The fourth-order valence-corrected chi connectivity index (χ4v) is 4.79. The first-order chi connectivity index (χ1) is 12.2. The number of rotatable bonds is 1. The van der Waals surface area contributed by atoms with Gasteiger partial charge in [0.2, 0.25) is 0 Å². The SMILES string of the molecule is [2H]C12Oc3c(OC)ccc4c3[C@@]13CCN(C)[C@@]([2H])([C@@H]3CCC2=O)C4([2H])[2H]. The number of hydrogen-bond acceptors (Lipinski definition) is 4. The van der Waals surface area contributed by atoms with Crippen LogP contribution in [0.3, 0.4) is 0 Å². The number of ether oxygens (including phenoxy) is 2. The topological polar surface area (TPSA) is 38.8 Å². The number of Topliss-reactive ketones (excluding diaryl/α,β-unsaturated/α-hetero) is 1. The maximum absolute atomic E-state index is 12.9. The van der Waals surface area contributed by atoms with Crippen molar-refractivity contribution in [1.29, 1.82) is 0 Å². The smallest absolute Gasteiger partial charge is 0.174 e. The molecule has 116 valence electrons. The van der Waals surface area contributed by atoms with Crippen molar-refractivity contribution in [3.63, 3.8) is 0 Å². The zero-order chi connectivity index (χ0) is 18.7. The van der Waals surface area contributed by atoms with Crippen LogP contribution in [0, 0.1) is 5.92 Å². The van der Waals surface area contributed by atoms with E-state index in [0.717, 1.165) is 0 Å². The summed E-state index contributed by atoms with van der Waals surface area (Å²) in [6.07, 6.45) is -2.75. The van der Waals surface area contributed by atoms with E-state index in [1.54, 1.807) is 24.1 Å². The lowest BCUT2D eigenvalue weighted by molar-refractivity contribution is -0.138. The molecule has 1 saturated carbocycles. The van der Waals surface area contributed by atoms with Crippen LogP contribution in [-0.2, 0) is 16.6 Å². The van der Waals surface area contributed by atoms with Crippen molar-refractivity contribution >= 4 is 5.78 Å². The lowest BCUT2D eigenvalue weighted by Crippen LogP contribution is -2.65. The van der Waals surface area contributed by atoms with Gasteiger partial charge in [-0.15, -0.1) is 0 Å². The number of benzene rings is 1. The number of ketones is 1. The highest BCUT2D eigenvalue weighted by Gasteiger charge is 2.65. The van der Waals surface area contributed by atoms with E-state index < -0.39 is 29.8 Å². The molecule has 2 aliphatic carbocycles. The predicted molar refractivity (Wildman–Crippen MR) is 81.6 cm³/mol. The van der Waals surface area contributed by atoms with Crippen LogP contribution in [0.25, 0.3) is 0 Å². The molecule has 1 saturated heterocycles. The maximum atomic E-state index is 12.9. The standard InChI is InChI=1S/C18H21NO3/c1-19-8-7-18-11-4-5-13(20)17(18)22-16-14(21-2)6-3-10(15(16)18)9-12(11)19/h3,6,11-12,17H,4-5,7-9H2,1-2H3/t11-,12+,17?,18-/m0/s1/i9D2,12D,17D. The minimum atomic E-state index is -1.96. The number of methoxy groups -OCH3 is 1. The van der Waals surface area contributed by atoms with E-state index in [-0.39, 0.29) is 12.2 Å². The molecular formula is C18H21NO3. The number of carbonyl (C=O) groups excluding carboxylic acids is 1. The van der Waals surface area contributed by atoms with Crippen molar-refractivity contribution in [2.45, 2.75) is 43.1 Å². The maximum Gasteiger partial charge on any atom is 0.174 e. The molecule has 2 aliphatic heterocycles. The van der Waals surface area contributed by atoms with Gasteiger partial charge in [-0.3, -0.25) is 4.79 Å². The molecule has 0 aromatic heterocycles. The second-order valence-electron chi connectivity index (χ2n) is 6.62. The van der Waals surface area contributed by atoms with Gasteiger partial charge in [0.15, 0.2) is 23.4 Å². The number of piperidine rings is 1. The third-order valence-corrected chi connectivity index (χ3v) is 5.75.